The number of alkyl halides is 3. The minimum Gasteiger partial charge on any atom is -0.484 e. The number of aliphatic hydroxyl groups is 1. The molecule has 41 heteroatoms. The Labute approximate surface area is 762 Å². The lowest BCUT2D eigenvalue weighted by atomic mass is 9.56. The van der Waals surface area contributed by atoms with Crippen LogP contribution in [0.4, 0.5) is 30.7 Å². The first-order valence-corrected chi connectivity index (χ1v) is 43.6. The smallest absolute Gasteiger partial charge is 0.436 e. The zero-order valence-electron chi connectivity index (χ0n) is 72.1. The number of fused-ring (bicyclic) bond motifs is 10. The van der Waals surface area contributed by atoms with Crippen LogP contribution in [0.3, 0.4) is 0 Å². The zero-order chi connectivity index (χ0) is 93.9. The number of halogens is 11. The van der Waals surface area contributed by atoms with Gasteiger partial charge in [0.25, 0.3) is 53.1 Å². The van der Waals surface area contributed by atoms with Gasteiger partial charge < -0.3 is 84.5 Å². The van der Waals surface area contributed by atoms with Crippen LogP contribution in [0.15, 0.2) is 117 Å². The topological polar surface area (TPSA) is 394 Å². The van der Waals surface area contributed by atoms with Crippen LogP contribution in [0.2, 0.25) is 20.1 Å². The first-order valence-electron chi connectivity index (χ1n) is 42.1. The molecule has 0 radical (unpaired) electrons. The van der Waals surface area contributed by atoms with Crippen LogP contribution in [-0.2, 0) is 30.8 Å². The maximum absolute atomic E-state index is 13.6. The standard InChI is InChI=1S/C25H30ClFN4O4.C23H27ClFN3O4.C22H22ClF4N3O4.C19H19ClFN3O5/c1-23(2,3)19-13-28-18(12-29-19)22(34)31-24-6-8-25(9-7-24,20(32)11-24)30-21(33)14-35-15-4-5-16(26)17(27)10-15;1-14-12-22(28(3)21(30)19-10-15(2)27-32-19)6-8-23(14,9-7-22)26-20(29)13-31-16-4-5-17(24)18(25)11-16;1-12-10-20(29-19(32)16-9-17(30-34-16)22(25,26)27)4-6-21(12,7-5-20)28-18(31)11-33-13-2-3-14(23)15(24)8-13;1-27-16-7-14(29-24-16)17(26)23-19-5-4-18(9-19,10-19)22-15(25)8-28-11-2-3-12(20)13(21)6-11/h4-5,10,12-13,20,32H,6-9,11,14H2,1-3H3,(H,30,33)(H,31,34);4-5,10-11,14H,6-9,12-13H2,1-3H3,(H,26,29);2-3,8-9,12H,4-7,10-11H2,1H3,(H,28,31)(H,29,32);2-3,6-7H,4-5,8-10H2,1H3,(H,22,25)(H,23,26)/t20-,24?,25?;14-,22?,23?;12-,20?,21?;/m000./s1. The second kappa shape index (κ2) is 38.4. The summed E-state index contributed by atoms with van der Waals surface area (Å²) < 4.78 is 133. The summed E-state index contributed by atoms with van der Waals surface area (Å²) in [6.45, 7) is 10.9. The molecule has 12 aliphatic carbocycles. The van der Waals surface area contributed by atoms with E-state index < -0.39 is 81.0 Å². The molecule has 698 valence electrons. The minimum atomic E-state index is -4.70. The molecule has 0 saturated heterocycles. The molecule has 4 heterocycles. The van der Waals surface area contributed by atoms with Crippen LogP contribution < -0.4 is 60.9 Å². The number of hydrogen-bond acceptors (Lipinski definition) is 22. The Bertz CT molecular complexity index is 5530. The summed E-state index contributed by atoms with van der Waals surface area (Å²) in [7, 11) is 3.26. The molecule has 8 aromatic rings. The Morgan fingerprint density at radius 1 is 0.462 bits per heavy atom. The maximum atomic E-state index is 13.6. The van der Waals surface area contributed by atoms with Gasteiger partial charge in [-0.1, -0.05) is 91.3 Å². The van der Waals surface area contributed by atoms with E-state index in [1.54, 1.807) is 24.1 Å². The average molecular weight is 1900 g/mol. The number of amides is 8. The molecule has 8 amide bonds. The first-order chi connectivity index (χ1) is 61.3. The van der Waals surface area contributed by atoms with Crippen molar-refractivity contribution in [1.29, 1.82) is 0 Å². The van der Waals surface area contributed by atoms with Gasteiger partial charge in [0.05, 0.1) is 62.5 Å². The Balaban J connectivity index is 0.000000148. The third-order valence-electron chi connectivity index (χ3n) is 26.4. The number of aliphatic hydroxyl groups excluding tert-OH is 1. The second-order valence-corrected chi connectivity index (χ2v) is 37.8. The molecule has 4 aromatic heterocycles. The van der Waals surface area contributed by atoms with Crippen molar-refractivity contribution in [3.05, 3.63) is 187 Å². The van der Waals surface area contributed by atoms with E-state index in [0.717, 1.165) is 74.9 Å². The van der Waals surface area contributed by atoms with Crippen LogP contribution in [0, 0.1) is 42.0 Å². The van der Waals surface area contributed by atoms with Crippen LogP contribution in [0.25, 0.3) is 0 Å². The number of methoxy groups -OCH3 is 1. The molecule has 0 aliphatic heterocycles. The maximum Gasteiger partial charge on any atom is 0.436 e. The van der Waals surface area contributed by atoms with Crippen LogP contribution in [0.1, 0.15) is 216 Å². The molecule has 30 nitrogen and oxygen atoms in total. The SMILES string of the molecule is CC(C)(C)c1cnc(C(=O)NC23CCC(NC(=O)COc4ccc(Cl)c(F)c4)(CC2)[C@@H](O)C3)cn1.COc1cc(C(=O)NC23CCC(NC(=O)COc4ccc(Cl)c(F)c4)(C2)C3)on1.C[C@H]1CC2(NC(=O)c3cc(C(F)(F)F)no3)CCC1(NC(=O)COc1ccc(Cl)c(F)c1)CC2.Cc1cc(C(=O)N(C)C23CCC(NC(=O)COc4ccc(Cl)c(F)c4)(CC2)[C@@H](C)C3)on1. The molecule has 0 spiro atoms. The zero-order valence-corrected chi connectivity index (χ0v) is 75.2. The van der Waals surface area contributed by atoms with E-state index in [9.17, 15) is 74.2 Å². The van der Waals surface area contributed by atoms with Crippen molar-refractivity contribution in [3.8, 4) is 28.9 Å². The van der Waals surface area contributed by atoms with E-state index in [1.807, 2.05) is 34.7 Å². The summed E-state index contributed by atoms with van der Waals surface area (Å²) >= 11 is 22.6. The third kappa shape index (κ3) is 22.1. The molecular weight excluding hydrogens is 1800 g/mol. The van der Waals surface area contributed by atoms with Crippen molar-refractivity contribution >= 4 is 93.7 Å². The van der Waals surface area contributed by atoms with Gasteiger partial charge in [0, 0.05) is 93.8 Å². The molecule has 12 aliphatic rings. The van der Waals surface area contributed by atoms with Gasteiger partial charge in [-0.25, -0.2) is 22.5 Å². The lowest BCUT2D eigenvalue weighted by molar-refractivity contribution is -0.142. The van der Waals surface area contributed by atoms with E-state index in [0.29, 0.717) is 88.8 Å². The molecule has 12 fully saturated rings. The molecule has 0 unspecified atom stereocenters. The summed E-state index contributed by atoms with van der Waals surface area (Å²) in [4.78, 5) is 111. The number of benzene rings is 4. The molecular formula is C89H98Cl4F7N13O17. The van der Waals surface area contributed by atoms with Crippen LogP contribution in [-0.4, -0.2) is 174 Å². The molecule has 8 bridgehead atoms. The average Bonchev–Trinajstić information content (AvgIpc) is 1.68. The molecule has 130 heavy (non-hydrogen) atoms. The number of carbonyl (C=O) groups is 8. The van der Waals surface area contributed by atoms with E-state index in [1.165, 1.54) is 67.9 Å². The Morgan fingerprint density at radius 2 is 0.854 bits per heavy atom. The van der Waals surface area contributed by atoms with Crippen molar-refractivity contribution in [2.75, 3.05) is 40.6 Å². The Kier molecular flexibility index (Phi) is 28.5. The number of ether oxygens (including phenoxy) is 5. The highest BCUT2D eigenvalue weighted by Crippen LogP contribution is 2.57. The lowest BCUT2D eigenvalue weighted by Gasteiger charge is -2.59. The predicted octanol–water partition coefficient (Wildman–Crippen LogP) is 14.4. The van der Waals surface area contributed by atoms with E-state index >= 15 is 0 Å². The van der Waals surface area contributed by atoms with Gasteiger partial charge in [0.2, 0.25) is 17.3 Å². The van der Waals surface area contributed by atoms with Crippen molar-refractivity contribution in [1.82, 2.24) is 67.6 Å². The van der Waals surface area contributed by atoms with Crippen molar-refractivity contribution in [2.45, 2.75) is 226 Å². The Hall–Kier alpha value is -11.0. The quantitative estimate of drug-likeness (QED) is 0.0246. The van der Waals surface area contributed by atoms with Crippen LogP contribution in [0.5, 0.6) is 28.9 Å². The third-order valence-corrected chi connectivity index (χ3v) is 27.6. The van der Waals surface area contributed by atoms with Crippen molar-refractivity contribution in [3.63, 3.8) is 0 Å². The normalized spacial score (nSPS) is 25.8. The van der Waals surface area contributed by atoms with Crippen LogP contribution >= 0.6 is 46.4 Å². The van der Waals surface area contributed by atoms with E-state index in [2.05, 4.69) is 74.1 Å². The van der Waals surface area contributed by atoms with Crippen molar-refractivity contribution in [2.24, 2.45) is 11.8 Å². The molecule has 8 N–H and O–H groups in total. The first kappa shape index (κ1) is 96.5. The number of nitrogens with zero attached hydrogens (tertiary/aromatic N) is 6. The number of aryl methyl sites for hydroxylation is 1. The van der Waals surface area contributed by atoms with E-state index in [4.69, 9.17) is 79.1 Å². The van der Waals surface area contributed by atoms with Gasteiger partial charge in [-0.3, -0.25) is 43.3 Å². The van der Waals surface area contributed by atoms with Gasteiger partial charge in [-0.05, 0) is 194 Å². The molecule has 12 saturated carbocycles. The molecule has 4 aromatic carbocycles. The minimum absolute atomic E-state index is 0.00399. The fourth-order valence-electron chi connectivity index (χ4n) is 19.2. The summed E-state index contributed by atoms with van der Waals surface area (Å²) in [5.74, 6) is -4.36. The monoisotopic (exact) mass is 1890 g/mol. The second-order valence-electron chi connectivity index (χ2n) is 36.2. The summed E-state index contributed by atoms with van der Waals surface area (Å²) in [6.07, 6.45) is 9.45. The highest BCUT2D eigenvalue weighted by molar-refractivity contribution is 6.31. The van der Waals surface area contributed by atoms with E-state index in [-0.39, 0.29) is 167 Å². The number of nitrogens with one attached hydrogen (secondary N) is 7. The summed E-state index contributed by atoms with van der Waals surface area (Å²) in [5.41, 5.74) is -3.51. The predicted molar refractivity (Wildman–Crippen MR) is 455 cm³/mol. The largest absolute Gasteiger partial charge is 0.484 e. The fraction of sp³-hybridized carbons (Fsp3) is 0.494. The fourth-order valence-corrected chi connectivity index (χ4v) is 19.6. The molecule has 20 rings (SSSR count). The number of carbonyl (C=O) groups excluding carboxylic acids is 8. The summed E-state index contributed by atoms with van der Waals surface area (Å²) in [5, 5.41) is 42.2. The molecule has 3 atom stereocenters. The number of aromatic nitrogens is 5. The highest BCUT2D eigenvalue weighted by Gasteiger charge is 2.63. The summed E-state index contributed by atoms with van der Waals surface area (Å²) in [6, 6.07) is 19.6. The van der Waals surface area contributed by atoms with Gasteiger partial charge >= 0.3 is 6.18 Å². The van der Waals surface area contributed by atoms with Gasteiger partial charge in [-0.2, -0.15) is 13.2 Å². The highest BCUT2D eigenvalue weighted by atomic mass is 35.5. The van der Waals surface area contributed by atoms with Gasteiger partial charge in [0.1, 0.15) is 52.0 Å². The van der Waals surface area contributed by atoms with Crippen molar-refractivity contribution < 1.29 is 111 Å². The lowest BCUT2D eigenvalue weighted by Crippen LogP contribution is -2.70. The number of rotatable bonds is 25. The van der Waals surface area contributed by atoms with Gasteiger partial charge in [-0.15, -0.1) is 0 Å². The number of hydrogen-bond donors (Lipinski definition) is 8. The van der Waals surface area contributed by atoms with Gasteiger partial charge in [0.15, 0.2) is 32.1 Å². The Morgan fingerprint density at radius 3 is 1.25 bits per heavy atom.